The average molecular weight is 436 g/mol. The first-order valence-corrected chi connectivity index (χ1v) is 10.8. The number of nitrogens with one attached hydrogen (secondary N) is 2. The lowest BCUT2D eigenvalue weighted by atomic mass is 9.97. The third kappa shape index (κ3) is 5.13. The molecule has 1 aromatic carbocycles. The van der Waals surface area contributed by atoms with Crippen LogP contribution in [0.2, 0.25) is 0 Å². The summed E-state index contributed by atoms with van der Waals surface area (Å²) in [4.78, 5) is 22.0. The van der Waals surface area contributed by atoms with E-state index >= 15 is 0 Å². The molecule has 1 aliphatic rings. The van der Waals surface area contributed by atoms with Crippen LogP contribution < -0.4 is 10.6 Å². The zero-order chi connectivity index (χ0) is 22.4. The normalized spacial score (nSPS) is 15.7. The van der Waals surface area contributed by atoms with E-state index in [9.17, 15) is 10.1 Å². The number of pyridine rings is 1. The predicted molar refractivity (Wildman–Crippen MR) is 121 cm³/mol. The first kappa shape index (κ1) is 22.5. The van der Waals surface area contributed by atoms with Crippen LogP contribution in [-0.2, 0) is 16.1 Å². The highest BCUT2D eigenvalue weighted by Gasteiger charge is 2.31. The number of carbonyl (C=O) groups excluding carboxylic acids is 1. The van der Waals surface area contributed by atoms with E-state index < -0.39 is 12.0 Å². The van der Waals surface area contributed by atoms with Crippen molar-refractivity contribution in [1.29, 1.82) is 5.26 Å². The van der Waals surface area contributed by atoms with Crippen LogP contribution in [0.25, 0.3) is 0 Å². The number of nitriles is 1. The van der Waals surface area contributed by atoms with Crippen molar-refractivity contribution < 1.29 is 9.53 Å². The number of aryl methyl sites for hydroxylation is 1. The third-order valence-corrected chi connectivity index (χ3v) is 5.59. The zero-order valence-corrected chi connectivity index (χ0v) is 18.8. The quantitative estimate of drug-likeness (QED) is 0.669. The smallest absolute Gasteiger partial charge is 0.338 e. The number of carbonyl (C=O) groups is 1. The third-order valence-electron chi connectivity index (χ3n) is 4.70. The molecule has 0 fully saturated rings. The number of esters is 1. The number of allylic oxidation sites excluding steroid dienone is 1. The molecular formula is C23H25N5O2S. The van der Waals surface area contributed by atoms with Crippen molar-refractivity contribution >= 4 is 22.9 Å². The Kier molecular flexibility index (Phi) is 7.45. The van der Waals surface area contributed by atoms with Crippen LogP contribution >= 0.6 is 11.8 Å². The van der Waals surface area contributed by atoms with E-state index in [4.69, 9.17) is 9.73 Å². The van der Waals surface area contributed by atoms with E-state index in [0.29, 0.717) is 33.6 Å². The van der Waals surface area contributed by atoms with Gasteiger partial charge in [-0.15, -0.1) is 0 Å². The summed E-state index contributed by atoms with van der Waals surface area (Å²) in [5, 5.41) is 17.2. The Morgan fingerprint density at radius 3 is 2.71 bits per heavy atom. The Labute approximate surface area is 186 Å². The molecule has 0 bridgehead atoms. The van der Waals surface area contributed by atoms with Gasteiger partial charge in [0.05, 0.1) is 17.7 Å². The summed E-state index contributed by atoms with van der Waals surface area (Å²) in [5.74, 6) is -0.392. The highest BCUT2D eigenvalue weighted by Crippen LogP contribution is 2.35. The molecule has 0 radical (unpaired) electrons. The van der Waals surface area contributed by atoms with Crippen molar-refractivity contribution in [2.45, 2.75) is 38.4 Å². The summed E-state index contributed by atoms with van der Waals surface area (Å²) < 4.78 is 5.28. The molecule has 31 heavy (non-hydrogen) atoms. The van der Waals surface area contributed by atoms with Gasteiger partial charge in [0.2, 0.25) is 0 Å². The molecule has 0 saturated carbocycles. The van der Waals surface area contributed by atoms with Crippen LogP contribution in [0.3, 0.4) is 0 Å². The van der Waals surface area contributed by atoms with Gasteiger partial charge in [-0.05, 0) is 56.8 Å². The van der Waals surface area contributed by atoms with Crippen LogP contribution in [-0.4, -0.2) is 29.8 Å². The molecule has 3 rings (SSSR count). The lowest BCUT2D eigenvalue weighted by Gasteiger charge is -2.26. The molecule has 2 N–H and O–H groups in total. The molecule has 0 aliphatic carbocycles. The maximum atomic E-state index is 12.7. The molecule has 8 heteroatoms. The van der Waals surface area contributed by atoms with Gasteiger partial charge < -0.3 is 15.4 Å². The second-order valence-corrected chi connectivity index (χ2v) is 7.96. The summed E-state index contributed by atoms with van der Waals surface area (Å²) in [5.41, 5.74) is 4.26. The van der Waals surface area contributed by atoms with Gasteiger partial charge in [-0.2, -0.15) is 5.26 Å². The van der Waals surface area contributed by atoms with Crippen LogP contribution in [0.15, 0.2) is 57.7 Å². The van der Waals surface area contributed by atoms with Crippen molar-refractivity contribution in [3.63, 3.8) is 0 Å². The Hall–Kier alpha value is -3.15. The number of hydrogen-bond donors (Lipinski definition) is 2. The van der Waals surface area contributed by atoms with Crippen molar-refractivity contribution in [1.82, 2.24) is 15.6 Å². The molecule has 7 nitrogen and oxygen atoms in total. The van der Waals surface area contributed by atoms with Gasteiger partial charge in [0.1, 0.15) is 17.1 Å². The number of ether oxygens (including phenoxy) is 1. The minimum Gasteiger partial charge on any atom is -0.463 e. The van der Waals surface area contributed by atoms with E-state index in [1.54, 1.807) is 6.92 Å². The maximum absolute atomic E-state index is 12.7. The Balaban J connectivity index is 2.02. The number of thioether (sulfide) groups is 1. The van der Waals surface area contributed by atoms with Gasteiger partial charge in [0.25, 0.3) is 0 Å². The van der Waals surface area contributed by atoms with Crippen molar-refractivity contribution in [3.05, 3.63) is 70.1 Å². The molecule has 160 valence electrons. The van der Waals surface area contributed by atoms with Crippen molar-refractivity contribution in [2.24, 2.45) is 4.99 Å². The highest BCUT2D eigenvalue weighted by atomic mass is 32.2. The zero-order valence-electron chi connectivity index (χ0n) is 18.0. The van der Waals surface area contributed by atoms with E-state index in [2.05, 4.69) is 21.7 Å². The second kappa shape index (κ2) is 10.2. The van der Waals surface area contributed by atoms with Gasteiger partial charge in [-0.3, -0.25) is 0 Å². The van der Waals surface area contributed by atoms with Gasteiger partial charge in [0, 0.05) is 17.9 Å². The SMILES string of the molecule is CCOC(=O)C1=C(C)NC(Sc2nc(C)cc(CNC)c2C#N)=N[C@@H]1c1ccccc1. The average Bonchev–Trinajstić information content (AvgIpc) is 2.74. The van der Waals surface area contributed by atoms with Crippen LogP contribution in [0.5, 0.6) is 0 Å². The maximum Gasteiger partial charge on any atom is 0.338 e. The number of aliphatic imine (C=N–C) groups is 1. The van der Waals surface area contributed by atoms with E-state index in [1.165, 1.54) is 11.8 Å². The minimum atomic E-state index is -0.504. The number of aromatic nitrogens is 1. The molecule has 1 aromatic heterocycles. The topological polar surface area (TPSA) is 99.4 Å². The Morgan fingerprint density at radius 1 is 1.32 bits per heavy atom. The molecule has 1 aliphatic heterocycles. The van der Waals surface area contributed by atoms with Crippen molar-refractivity contribution in [3.8, 4) is 6.07 Å². The first-order chi connectivity index (χ1) is 15.0. The van der Waals surface area contributed by atoms with Crippen molar-refractivity contribution in [2.75, 3.05) is 13.7 Å². The molecule has 1 atom stereocenters. The number of rotatable bonds is 6. The molecule has 0 amide bonds. The molecule has 0 saturated heterocycles. The summed E-state index contributed by atoms with van der Waals surface area (Å²) in [6, 6.07) is 13.3. The molecule has 0 unspecified atom stereocenters. The van der Waals surface area contributed by atoms with Gasteiger partial charge in [-0.25, -0.2) is 14.8 Å². The fraction of sp³-hybridized carbons (Fsp3) is 0.304. The summed E-state index contributed by atoms with van der Waals surface area (Å²) in [6.45, 7) is 6.37. The lowest BCUT2D eigenvalue weighted by molar-refractivity contribution is -0.138. The molecule has 0 spiro atoms. The number of hydrogen-bond acceptors (Lipinski definition) is 8. The van der Waals surface area contributed by atoms with Gasteiger partial charge >= 0.3 is 5.97 Å². The fourth-order valence-electron chi connectivity index (χ4n) is 3.37. The summed E-state index contributed by atoms with van der Waals surface area (Å²) in [6.07, 6.45) is 0. The predicted octanol–water partition coefficient (Wildman–Crippen LogP) is 3.61. The standard InChI is InChI=1S/C23H25N5O2S/c1-5-30-22(29)19-15(3)27-23(28-20(19)16-9-7-6-8-10-16)31-21-18(12-24)17(13-25-4)11-14(2)26-21/h6-11,20,25H,5,13H2,1-4H3,(H,27,28)/t20-/m1/s1. The van der Waals surface area contributed by atoms with Gasteiger partial charge in [-0.1, -0.05) is 30.3 Å². The molecule has 2 aromatic rings. The second-order valence-electron chi connectivity index (χ2n) is 6.98. The number of amidine groups is 1. The number of benzene rings is 1. The Bertz CT molecular complexity index is 1070. The first-order valence-electron chi connectivity index (χ1n) is 9.99. The van der Waals surface area contributed by atoms with E-state index in [0.717, 1.165) is 16.8 Å². The highest BCUT2D eigenvalue weighted by molar-refractivity contribution is 8.13. The van der Waals surface area contributed by atoms with Crippen LogP contribution in [0, 0.1) is 18.3 Å². The molecule has 2 heterocycles. The van der Waals surface area contributed by atoms with E-state index in [-0.39, 0.29) is 6.61 Å². The summed E-state index contributed by atoms with van der Waals surface area (Å²) in [7, 11) is 1.84. The molecular weight excluding hydrogens is 410 g/mol. The fourth-order valence-corrected chi connectivity index (χ4v) is 4.39. The largest absolute Gasteiger partial charge is 0.463 e. The van der Waals surface area contributed by atoms with Gasteiger partial charge in [0.15, 0.2) is 5.17 Å². The monoisotopic (exact) mass is 435 g/mol. The summed E-state index contributed by atoms with van der Waals surface area (Å²) >= 11 is 1.29. The minimum absolute atomic E-state index is 0.287. The van der Waals surface area contributed by atoms with E-state index in [1.807, 2.05) is 57.3 Å². The van der Waals surface area contributed by atoms with Crippen LogP contribution in [0.4, 0.5) is 0 Å². The number of nitrogens with zero attached hydrogens (tertiary/aromatic N) is 3. The lowest BCUT2D eigenvalue weighted by Crippen LogP contribution is -2.30. The van der Waals surface area contributed by atoms with Crippen LogP contribution in [0.1, 0.15) is 42.3 Å². The Morgan fingerprint density at radius 2 is 2.06 bits per heavy atom.